The molecule has 2 unspecified atom stereocenters. The van der Waals surface area contributed by atoms with Gasteiger partial charge in [0.2, 0.25) is 0 Å². The van der Waals surface area contributed by atoms with E-state index in [1.807, 2.05) is 0 Å². The first-order valence-electron chi connectivity index (χ1n) is 4.62. The molecule has 16 heavy (non-hydrogen) atoms. The van der Waals surface area contributed by atoms with E-state index in [1.54, 1.807) is 18.6 Å². The van der Waals surface area contributed by atoms with Crippen LogP contribution in [0.25, 0.3) is 10.4 Å². The number of hydrogen-bond donors (Lipinski definition) is 2. The summed E-state index contributed by atoms with van der Waals surface area (Å²) in [5.74, 6) is 0. The average Bonchev–Trinajstić information content (AvgIpc) is 2.74. The number of thiophene rings is 1. The molecule has 0 amide bonds. The minimum Gasteiger partial charge on any atom is -0.390 e. The summed E-state index contributed by atoms with van der Waals surface area (Å²) in [6.45, 7) is 0.330. The third-order valence-corrected chi connectivity index (χ3v) is 2.93. The van der Waals surface area contributed by atoms with Crippen LogP contribution in [0.15, 0.2) is 16.6 Å². The summed E-state index contributed by atoms with van der Waals surface area (Å²) < 4.78 is 4.95. The Morgan fingerprint density at radius 2 is 2.38 bits per heavy atom. The highest BCUT2D eigenvalue weighted by molar-refractivity contribution is 7.10. The molecule has 1 aromatic heterocycles. The Labute approximate surface area is 96.7 Å². The normalized spacial score (nSPS) is 14.2. The minimum absolute atomic E-state index is 0.146. The zero-order valence-electron chi connectivity index (χ0n) is 8.78. The van der Waals surface area contributed by atoms with Gasteiger partial charge in [0.25, 0.3) is 0 Å². The Bertz CT molecular complexity index is 376. The average molecular weight is 243 g/mol. The van der Waals surface area contributed by atoms with Crippen LogP contribution in [-0.4, -0.2) is 30.0 Å². The molecular weight excluding hydrogens is 230 g/mol. The second-order valence-electron chi connectivity index (χ2n) is 3.20. The number of aliphatic hydroxyl groups is 2. The molecule has 1 aromatic rings. The molecule has 6 nitrogen and oxygen atoms in total. The third kappa shape index (κ3) is 3.48. The van der Waals surface area contributed by atoms with E-state index in [-0.39, 0.29) is 6.54 Å². The van der Waals surface area contributed by atoms with Crippen LogP contribution in [0.5, 0.6) is 0 Å². The van der Waals surface area contributed by atoms with Crippen molar-refractivity contribution in [2.75, 3.05) is 13.7 Å². The number of hydrogen-bond acceptors (Lipinski definition) is 5. The van der Waals surface area contributed by atoms with Crippen LogP contribution in [0.2, 0.25) is 0 Å². The number of rotatable bonds is 6. The lowest BCUT2D eigenvalue weighted by Gasteiger charge is -2.14. The van der Waals surface area contributed by atoms with Crippen molar-refractivity contribution in [3.8, 4) is 0 Å². The zero-order chi connectivity index (χ0) is 12.0. The van der Waals surface area contributed by atoms with Crippen LogP contribution in [0.1, 0.15) is 16.5 Å². The maximum Gasteiger partial charge on any atom is 0.106 e. The topological polar surface area (TPSA) is 98.5 Å². The molecule has 2 N–H and O–H groups in total. The number of nitrogens with zero attached hydrogens (tertiary/aromatic N) is 3. The Morgan fingerprint density at radius 1 is 1.62 bits per heavy atom. The highest BCUT2D eigenvalue weighted by Crippen LogP contribution is 2.24. The zero-order valence-corrected chi connectivity index (χ0v) is 9.59. The largest absolute Gasteiger partial charge is 0.390 e. The number of methoxy groups -OCH3 is 1. The number of ether oxygens (including phenoxy) is 1. The molecule has 0 aliphatic rings. The van der Waals surface area contributed by atoms with Gasteiger partial charge >= 0.3 is 0 Å². The highest BCUT2D eigenvalue weighted by Gasteiger charge is 2.18. The summed E-state index contributed by atoms with van der Waals surface area (Å²) in [4.78, 5) is 3.49. The molecule has 2 atom stereocenters. The van der Waals surface area contributed by atoms with Crippen molar-refractivity contribution in [2.45, 2.75) is 18.8 Å². The fraction of sp³-hybridized carbons (Fsp3) is 0.556. The van der Waals surface area contributed by atoms with Crippen molar-refractivity contribution in [1.29, 1.82) is 0 Å². The van der Waals surface area contributed by atoms with Gasteiger partial charge in [-0.1, -0.05) is 5.11 Å². The van der Waals surface area contributed by atoms with Gasteiger partial charge in [-0.25, -0.2) is 0 Å². The Kier molecular flexibility index (Phi) is 5.24. The van der Waals surface area contributed by atoms with E-state index in [2.05, 4.69) is 10.0 Å². The van der Waals surface area contributed by atoms with Gasteiger partial charge in [0.15, 0.2) is 0 Å². The van der Waals surface area contributed by atoms with Crippen molar-refractivity contribution < 1.29 is 14.9 Å². The van der Waals surface area contributed by atoms with Gasteiger partial charge in [-0.15, -0.1) is 11.3 Å². The van der Waals surface area contributed by atoms with E-state index in [4.69, 9.17) is 10.3 Å². The second-order valence-corrected chi connectivity index (χ2v) is 4.20. The van der Waals surface area contributed by atoms with E-state index in [1.165, 1.54) is 11.3 Å². The summed E-state index contributed by atoms with van der Waals surface area (Å²) in [6.07, 6.45) is -2.12. The lowest BCUT2D eigenvalue weighted by Crippen LogP contribution is -2.20. The minimum atomic E-state index is -1.08. The molecule has 0 bridgehead atoms. The Hall–Kier alpha value is -1.11. The summed E-state index contributed by atoms with van der Waals surface area (Å²) in [5, 5.41) is 24.2. The number of aliphatic hydroxyl groups excluding tert-OH is 2. The molecule has 7 heteroatoms. The molecule has 0 fully saturated rings. The summed E-state index contributed by atoms with van der Waals surface area (Å²) in [6, 6.07) is 1.76. The molecule has 88 valence electrons. The predicted octanol–water partition coefficient (Wildman–Crippen LogP) is 1.60. The summed E-state index contributed by atoms with van der Waals surface area (Å²) in [7, 11) is 1.59. The predicted molar refractivity (Wildman–Crippen MR) is 60.0 cm³/mol. The quantitative estimate of drug-likeness (QED) is 0.451. The first kappa shape index (κ1) is 13.0. The molecular formula is C9H13N3O3S. The van der Waals surface area contributed by atoms with Gasteiger partial charge in [0.1, 0.15) is 6.10 Å². The lowest BCUT2D eigenvalue weighted by atomic mass is 10.1. The second kappa shape index (κ2) is 6.47. The van der Waals surface area contributed by atoms with Gasteiger partial charge in [-0.2, -0.15) is 0 Å². The van der Waals surface area contributed by atoms with Gasteiger partial charge in [0.05, 0.1) is 19.3 Å². The maximum absolute atomic E-state index is 9.73. The molecule has 1 rings (SSSR count). The molecule has 0 aliphatic heterocycles. The van der Waals surface area contributed by atoms with Crippen molar-refractivity contribution >= 4 is 11.3 Å². The first-order valence-corrected chi connectivity index (χ1v) is 5.50. The fourth-order valence-electron chi connectivity index (χ4n) is 1.21. The van der Waals surface area contributed by atoms with Gasteiger partial charge in [0, 0.05) is 16.9 Å². The van der Waals surface area contributed by atoms with E-state index >= 15 is 0 Å². The van der Waals surface area contributed by atoms with Crippen LogP contribution in [0.3, 0.4) is 0 Å². The lowest BCUT2D eigenvalue weighted by molar-refractivity contribution is 0.0246. The molecule has 0 radical (unpaired) electrons. The van der Waals surface area contributed by atoms with Gasteiger partial charge < -0.3 is 14.9 Å². The van der Waals surface area contributed by atoms with Gasteiger partial charge in [-0.3, -0.25) is 0 Å². The molecule has 0 aromatic carbocycles. The van der Waals surface area contributed by atoms with Gasteiger partial charge in [-0.05, 0) is 22.5 Å². The molecule has 0 aliphatic carbocycles. The SMILES string of the molecule is COCc1cc(C(O)C(O)CN=[N+]=[N-])cs1. The molecule has 0 spiro atoms. The van der Waals surface area contributed by atoms with Crippen molar-refractivity contribution in [2.24, 2.45) is 5.11 Å². The standard InChI is InChI=1S/C9H13N3O3S/c1-15-4-7-2-6(5-16-7)9(14)8(13)3-11-12-10/h2,5,8-9,13-14H,3-4H2,1H3. The Morgan fingerprint density at radius 3 is 3.00 bits per heavy atom. The summed E-state index contributed by atoms with van der Waals surface area (Å²) in [5.41, 5.74) is 8.70. The monoisotopic (exact) mass is 243 g/mol. The van der Waals surface area contributed by atoms with Crippen molar-refractivity contribution in [3.05, 3.63) is 32.3 Å². The molecule has 1 heterocycles. The first-order chi connectivity index (χ1) is 7.69. The van der Waals surface area contributed by atoms with Crippen LogP contribution in [-0.2, 0) is 11.3 Å². The third-order valence-electron chi connectivity index (χ3n) is 2.00. The summed E-state index contributed by atoms with van der Waals surface area (Å²) >= 11 is 1.44. The van der Waals surface area contributed by atoms with E-state index < -0.39 is 12.2 Å². The van der Waals surface area contributed by atoms with Crippen LogP contribution >= 0.6 is 11.3 Å². The molecule has 0 saturated carbocycles. The highest BCUT2D eigenvalue weighted by atomic mass is 32.1. The maximum atomic E-state index is 9.73. The van der Waals surface area contributed by atoms with Crippen LogP contribution in [0, 0.1) is 0 Å². The Balaban J connectivity index is 2.63. The van der Waals surface area contributed by atoms with E-state index in [0.29, 0.717) is 12.2 Å². The van der Waals surface area contributed by atoms with Crippen molar-refractivity contribution in [1.82, 2.24) is 0 Å². The number of azide groups is 1. The molecule has 0 saturated heterocycles. The van der Waals surface area contributed by atoms with E-state index in [0.717, 1.165) is 4.88 Å². The van der Waals surface area contributed by atoms with Crippen molar-refractivity contribution in [3.63, 3.8) is 0 Å². The van der Waals surface area contributed by atoms with E-state index in [9.17, 15) is 10.2 Å². The fourth-order valence-corrected chi connectivity index (χ4v) is 2.10. The smallest absolute Gasteiger partial charge is 0.106 e. The van der Waals surface area contributed by atoms with Crippen LogP contribution < -0.4 is 0 Å². The van der Waals surface area contributed by atoms with Crippen LogP contribution in [0.4, 0.5) is 0 Å².